The van der Waals surface area contributed by atoms with Crippen molar-refractivity contribution in [1.82, 2.24) is 0 Å². The Morgan fingerprint density at radius 3 is 2.74 bits per heavy atom. The standard InChI is InChI=1S/C15H14BrNOS/c1-2-10-8-12(16)6-7-14(10)17-15(18)11-4-3-5-13(19)9-11/h3-9,19H,2H2,1H3,(H,17,18). The van der Waals surface area contributed by atoms with Crippen molar-refractivity contribution in [3.63, 3.8) is 0 Å². The molecule has 0 heterocycles. The van der Waals surface area contributed by atoms with Gasteiger partial charge in [-0.25, -0.2) is 0 Å². The van der Waals surface area contributed by atoms with E-state index in [4.69, 9.17) is 0 Å². The van der Waals surface area contributed by atoms with Gasteiger partial charge in [-0.15, -0.1) is 12.6 Å². The maximum atomic E-state index is 12.2. The first kappa shape index (κ1) is 14.2. The van der Waals surface area contributed by atoms with Crippen LogP contribution < -0.4 is 5.32 Å². The maximum absolute atomic E-state index is 12.2. The van der Waals surface area contributed by atoms with Gasteiger partial charge in [-0.3, -0.25) is 4.79 Å². The van der Waals surface area contributed by atoms with Crippen LogP contribution in [0.2, 0.25) is 0 Å². The summed E-state index contributed by atoms with van der Waals surface area (Å²) in [4.78, 5) is 12.9. The normalized spacial score (nSPS) is 10.3. The summed E-state index contributed by atoms with van der Waals surface area (Å²) in [7, 11) is 0. The van der Waals surface area contributed by atoms with Crippen LogP contribution in [0.25, 0.3) is 0 Å². The number of aryl methyl sites for hydroxylation is 1. The van der Waals surface area contributed by atoms with Crippen molar-refractivity contribution in [2.45, 2.75) is 18.2 Å². The fourth-order valence-electron chi connectivity index (χ4n) is 1.82. The predicted octanol–water partition coefficient (Wildman–Crippen LogP) is 4.55. The van der Waals surface area contributed by atoms with Gasteiger partial charge < -0.3 is 5.32 Å². The summed E-state index contributed by atoms with van der Waals surface area (Å²) < 4.78 is 1.01. The lowest BCUT2D eigenvalue weighted by atomic mass is 10.1. The molecule has 0 radical (unpaired) electrons. The molecule has 0 spiro atoms. The maximum Gasteiger partial charge on any atom is 0.255 e. The molecule has 4 heteroatoms. The lowest BCUT2D eigenvalue weighted by Crippen LogP contribution is -2.13. The van der Waals surface area contributed by atoms with Gasteiger partial charge in [-0.05, 0) is 48.4 Å². The van der Waals surface area contributed by atoms with Gasteiger partial charge in [0, 0.05) is 20.6 Å². The molecule has 2 nitrogen and oxygen atoms in total. The molecule has 0 aliphatic carbocycles. The smallest absolute Gasteiger partial charge is 0.255 e. The number of halogens is 1. The molecule has 1 amide bonds. The van der Waals surface area contributed by atoms with Gasteiger partial charge >= 0.3 is 0 Å². The monoisotopic (exact) mass is 335 g/mol. The highest BCUT2D eigenvalue weighted by Crippen LogP contribution is 2.22. The van der Waals surface area contributed by atoms with E-state index in [0.717, 1.165) is 27.0 Å². The third kappa shape index (κ3) is 3.61. The summed E-state index contributed by atoms with van der Waals surface area (Å²) in [5, 5.41) is 2.94. The van der Waals surface area contributed by atoms with Crippen molar-refractivity contribution < 1.29 is 4.79 Å². The van der Waals surface area contributed by atoms with Gasteiger partial charge in [0.25, 0.3) is 5.91 Å². The number of anilines is 1. The minimum atomic E-state index is -0.118. The van der Waals surface area contributed by atoms with Crippen molar-refractivity contribution in [2.24, 2.45) is 0 Å². The quantitative estimate of drug-likeness (QED) is 0.791. The number of benzene rings is 2. The number of hydrogen-bond acceptors (Lipinski definition) is 2. The van der Waals surface area contributed by atoms with E-state index < -0.39 is 0 Å². The molecule has 0 unspecified atom stereocenters. The summed E-state index contributed by atoms with van der Waals surface area (Å²) in [6.07, 6.45) is 0.863. The Morgan fingerprint density at radius 1 is 1.26 bits per heavy atom. The van der Waals surface area contributed by atoms with Crippen molar-refractivity contribution in [3.8, 4) is 0 Å². The average Bonchev–Trinajstić information content (AvgIpc) is 2.40. The predicted molar refractivity (Wildman–Crippen MR) is 85.2 cm³/mol. The number of nitrogens with one attached hydrogen (secondary N) is 1. The molecule has 0 saturated heterocycles. The fourth-order valence-corrected chi connectivity index (χ4v) is 2.45. The summed E-state index contributed by atoms with van der Waals surface area (Å²) in [5.74, 6) is -0.118. The first-order valence-corrected chi connectivity index (χ1v) is 7.23. The topological polar surface area (TPSA) is 29.1 Å². The van der Waals surface area contributed by atoms with E-state index in [9.17, 15) is 4.79 Å². The SMILES string of the molecule is CCc1cc(Br)ccc1NC(=O)c1cccc(S)c1. The Morgan fingerprint density at radius 2 is 2.05 bits per heavy atom. The number of carbonyl (C=O) groups is 1. The summed E-state index contributed by atoms with van der Waals surface area (Å²) in [6.45, 7) is 2.06. The van der Waals surface area contributed by atoms with Gasteiger partial charge in [0.05, 0.1) is 0 Å². The van der Waals surface area contributed by atoms with E-state index in [0.29, 0.717) is 5.56 Å². The van der Waals surface area contributed by atoms with E-state index in [-0.39, 0.29) is 5.91 Å². The molecule has 19 heavy (non-hydrogen) atoms. The Hall–Kier alpha value is -1.26. The second kappa shape index (κ2) is 6.26. The molecule has 2 aromatic rings. The summed E-state index contributed by atoms with van der Waals surface area (Å²) in [5.41, 5.74) is 2.56. The molecule has 0 aromatic heterocycles. The zero-order valence-corrected chi connectivity index (χ0v) is 13.0. The molecule has 0 bridgehead atoms. The largest absolute Gasteiger partial charge is 0.322 e. The van der Waals surface area contributed by atoms with E-state index in [1.807, 2.05) is 30.3 Å². The highest BCUT2D eigenvalue weighted by molar-refractivity contribution is 9.10. The van der Waals surface area contributed by atoms with Gasteiger partial charge in [-0.2, -0.15) is 0 Å². The molecule has 0 atom stereocenters. The highest BCUT2D eigenvalue weighted by Gasteiger charge is 2.09. The van der Waals surface area contributed by atoms with E-state index in [1.54, 1.807) is 12.1 Å². The summed E-state index contributed by atoms with van der Waals surface area (Å²) >= 11 is 7.68. The lowest BCUT2D eigenvalue weighted by molar-refractivity contribution is 0.102. The summed E-state index contributed by atoms with van der Waals surface area (Å²) in [6, 6.07) is 13.0. The molecular formula is C15H14BrNOS. The Labute approximate surface area is 126 Å². The van der Waals surface area contributed by atoms with Crippen LogP contribution >= 0.6 is 28.6 Å². The molecule has 0 aliphatic heterocycles. The first-order valence-electron chi connectivity index (χ1n) is 5.99. The molecule has 98 valence electrons. The van der Waals surface area contributed by atoms with Crippen LogP contribution in [0.1, 0.15) is 22.8 Å². The van der Waals surface area contributed by atoms with Crippen LogP contribution in [0.15, 0.2) is 51.8 Å². The van der Waals surface area contributed by atoms with Gasteiger partial charge in [-0.1, -0.05) is 28.9 Å². The molecule has 0 aliphatic rings. The minimum Gasteiger partial charge on any atom is -0.322 e. The number of thiol groups is 1. The Balaban J connectivity index is 2.24. The minimum absolute atomic E-state index is 0.118. The van der Waals surface area contributed by atoms with Crippen LogP contribution in [0, 0.1) is 0 Å². The molecular weight excluding hydrogens is 322 g/mol. The van der Waals surface area contributed by atoms with Crippen LogP contribution in [0.4, 0.5) is 5.69 Å². The van der Waals surface area contributed by atoms with E-state index >= 15 is 0 Å². The van der Waals surface area contributed by atoms with Crippen LogP contribution in [0.3, 0.4) is 0 Å². The van der Waals surface area contributed by atoms with Crippen molar-refractivity contribution >= 4 is 40.2 Å². The van der Waals surface area contributed by atoms with Crippen molar-refractivity contribution in [2.75, 3.05) is 5.32 Å². The van der Waals surface area contributed by atoms with Crippen molar-refractivity contribution in [1.29, 1.82) is 0 Å². The number of rotatable bonds is 3. The van der Waals surface area contributed by atoms with E-state index in [1.165, 1.54) is 0 Å². The van der Waals surface area contributed by atoms with Gasteiger partial charge in [0.15, 0.2) is 0 Å². The fraction of sp³-hybridized carbons (Fsp3) is 0.133. The molecule has 2 rings (SSSR count). The number of hydrogen-bond donors (Lipinski definition) is 2. The molecule has 0 saturated carbocycles. The third-order valence-corrected chi connectivity index (χ3v) is 3.58. The van der Waals surface area contributed by atoms with Crippen LogP contribution in [-0.2, 0) is 6.42 Å². The zero-order valence-electron chi connectivity index (χ0n) is 10.5. The number of carbonyl (C=O) groups excluding carboxylic acids is 1. The number of amides is 1. The molecule has 1 N–H and O–H groups in total. The van der Waals surface area contributed by atoms with Crippen LogP contribution in [-0.4, -0.2) is 5.91 Å². The van der Waals surface area contributed by atoms with Gasteiger partial charge in [0.2, 0.25) is 0 Å². The second-order valence-electron chi connectivity index (χ2n) is 4.16. The van der Waals surface area contributed by atoms with E-state index in [2.05, 4.69) is 40.8 Å². The van der Waals surface area contributed by atoms with Crippen molar-refractivity contribution in [3.05, 3.63) is 58.1 Å². The molecule has 2 aromatic carbocycles. The van der Waals surface area contributed by atoms with Gasteiger partial charge in [0.1, 0.15) is 0 Å². The molecule has 0 fully saturated rings. The lowest BCUT2D eigenvalue weighted by Gasteiger charge is -2.10. The average molecular weight is 336 g/mol. The Kier molecular flexibility index (Phi) is 4.66. The highest BCUT2D eigenvalue weighted by atomic mass is 79.9. The van der Waals surface area contributed by atoms with Crippen LogP contribution in [0.5, 0.6) is 0 Å². The zero-order chi connectivity index (χ0) is 13.8. The second-order valence-corrected chi connectivity index (χ2v) is 5.59. The Bertz CT molecular complexity index is 613. The third-order valence-electron chi connectivity index (χ3n) is 2.80. The first-order chi connectivity index (χ1) is 9.10.